The summed E-state index contributed by atoms with van der Waals surface area (Å²) in [4.78, 5) is 4.46. The van der Waals surface area contributed by atoms with Crippen LogP contribution in [0, 0.1) is 6.92 Å². The molecule has 0 fully saturated rings. The lowest BCUT2D eigenvalue weighted by Gasteiger charge is -2.02. The van der Waals surface area contributed by atoms with Crippen LogP contribution in [-0.4, -0.2) is 15.2 Å². The van der Waals surface area contributed by atoms with Gasteiger partial charge in [0.15, 0.2) is 0 Å². The number of benzene rings is 1. The molecule has 0 radical (unpaired) electrons. The van der Waals surface area contributed by atoms with Crippen LogP contribution in [0.15, 0.2) is 40.9 Å². The molecule has 0 aliphatic carbocycles. The average Bonchev–Trinajstić information content (AvgIpc) is 2.82. The molecule has 2 heterocycles. The van der Waals surface area contributed by atoms with Crippen LogP contribution in [0.25, 0.3) is 10.8 Å². The van der Waals surface area contributed by atoms with E-state index >= 15 is 0 Å². The molecule has 0 saturated carbocycles. The lowest BCUT2D eigenvalue weighted by atomic mass is 10.2. The lowest BCUT2D eigenvalue weighted by Crippen LogP contribution is -1.88. The third-order valence-electron chi connectivity index (χ3n) is 2.56. The normalized spacial score (nSPS) is 10.9. The highest BCUT2D eigenvalue weighted by Crippen LogP contribution is 2.27. The second-order valence-corrected chi connectivity index (χ2v) is 5.91. The lowest BCUT2D eigenvalue weighted by molar-refractivity contribution is 0.955. The Morgan fingerprint density at radius 1 is 1.28 bits per heavy atom. The van der Waals surface area contributed by atoms with Gasteiger partial charge in [0.05, 0.1) is 16.9 Å². The second kappa shape index (κ2) is 5.04. The van der Waals surface area contributed by atoms with Crippen LogP contribution in [0.4, 0.5) is 0 Å². The second-order valence-electron chi connectivity index (χ2n) is 3.88. The van der Waals surface area contributed by atoms with Gasteiger partial charge in [0.1, 0.15) is 5.03 Å². The van der Waals surface area contributed by atoms with E-state index in [4.69, 9.17) is 0 Å². The minimum absolute atomic E-state index is 0.840. The Hall–Kier alpha value is -1.46. The van der Waals surface area contributed by atoms with E-state index in [-0.39, 0.29) is 0 Å². The van der Waals surface area contributed by atoms with Gasteiger partial charge in [-0.3, -0.25) is 0 Å². The number of thiazole rings is 1. The molecule has 1 aromatic carbocycles. The molecular weight excluding hydrogens is 262 g/mol. The van der Waals surface area contributed by atoms with Crippen molar-refractivity contribution in [2.24, 2.45) is 0 Å². The van der Waals surface area contributed by atoms with Crippen molar-refractivity contribution in [2.45, 2.75) is 17.7 Å². The first-order chi connectivity index (χ1) is 8.83. The van der Waals surface area contributed by atoms with Gasteiger partial charge >= 0.3 is 0 Å². The number of fused-ring (bicyclic) bond motifs is 1. The highest BCUT2D eigenvalue weighted by molar-refractivity contribution is 7.98. The number of aryl methyl sites for hydroxylation is 1. The van der Waals surface area contributed by atoms with Crippen LogP contribution in [-0.2, 0) is 5.75 Å². The van der Waals surface area contributed by atoms with Crippen LogP contribution >= 0.6 is 23.1 Å². The molecule has 0 spiro atoms. The predicted octanol–water partition coefficient (Wildman–Crippen LogP) is 3.69. The first-order valence-electron chi connectivity index (χ1n) is 5.57. The highest BCUT2D eigenvalue weighted by Gasteiger charge is 2.05. The van der Waals surface area contributed by atoms with Gasteiger partial charge in [0.25, 0.3) is 0 Å². The molecule has 18 heavy (non-hydrogen) atoms. The summed E-state index contributed by atoms with van der Waals surface area (Å²) >= 11 is 3.37. The largest absolute Gasteiger partial charge is 0.246 e. The summed E-state index contributed by atoms with van der Waals surface area (Å²) in [5.74, 6) is 0.840. The zero-order chi connectivity index (χ0) is 12.4. The third-order valence-corrected chi connectivity index (χ3v) is 4.40. The molecule has 3 rings (SSSR count). The highest BCUT2D eigenvalue weighted by atomic mass is 32.2. The summed E-state index contributed by atoms with van der Waals surface area (Å²) in [5, 5.41) is 14.7. The van der Waals surface area contributed by atoms with Crippen LogP contribution in [0.5, 0.6) is 0 Å². The van der Waals surface area contributed by atoms with E-state index in [0.717, 1.165) is 32.3 Å². The van der Waals surface area contributed by atoms with Crippen molar-refractivity contribution < 1.29 is 0 Å². The Kier molecular flexibility index (Phi) is 3.25. The fourth-order valence-corrected chi connectivity index (χ4v) is 3.32. The van der Waals surface area contributed by atoms with Gasteiger partial charge < -0.3 is 0 Å². The summed E-state index contributed by atoms with van der Waals surface area (Å²) in [6.07, 6.45) is 1.80. The van der Waals surface area contributed by atoms with Crippen LogP contribution in [0.3, 0.4) is 0 Å². The van der Waals surface area contributed by atoms with E-state index in [1.54, 1.807) is 29.3 Å². The number of thioether (sulfide) groups is 1. The van der Waals surface area contributed by atoms with Crippen molar-refractivity contribution in [2.75, 3.05) is 0 Å². The number of nitrogens with zero attached hydrogens (tertiary/aromatic N) is 3. The minimum Gasteiger partial charge on any atom is -0.246 e. The van der Waals surface area contributed by atoms with Gasteiger partial charge in [-0.1, -0.05) is 36.0 Å². The van der Waals surface area contributed by atoms with Crippen LogP contribution in [0.1, 0.15) is 10.7 Å². The minimum atomic E-state index is 0.840. The maximum Gasteiger partial charge on any atom is 0.127 e. The van der Waals surface area contributed by atoms with Crippen molar-refractivity contribution in [3.8, 4) is 0 Å². The monoisotopic (exact) mass is 273 g/mol. The predicted molar refractivity (Wildman–Crippen MR) is 76.0 cm³/mol. The van der Waals surface area contributed by atoms with Gasteiger partial charge in [0.2, 0.25) is 0 Å². The number of aromatic nitrogens is 3. The van der Waals surface area contributed by atoms with Crippen molar-refractivity contribution in [1.82, 2.24) is 15.2 Å². The zero-order valence-corrected chi connectivity index (χ0v) is 11.5. The molecule has 0 aliphatic heterocycles. The Bertz CT molecular complexity index is 673. The van der Waals surface area contributed by atoms with Gasteiger partial charge in [-0.2, -0.15) is 5.10 Å². The molecule has 5 heteroatoms. The standard InChI is InChI=1S/C13H11N3S2/c1-9-15-11(7-17-9)8-18-13-12-5-3-2-4-10(12)6-14-16-13/h2-7H,8H2,1H3. The Morgan fingerprint density at radius 3 is 3.00 bits per heavy atom. The summed E-state index contributed by atoms with van der Waals surface area (Å²) in [6, 6.07) is 8.18. The van der Waals surface area contributed by atoms with Gasteiger partial charge in [-0.05, 0) is 6.92 Å². The summed E-state index contributed by atoms with van der Waals surface area (Å²) in [5.41, 5.74) is 1.11. The van der Waals surface area contributed by atoms with Gasteiger partial charge in [-0.15, -0.1) is 16.4 Å². The smallest absolute Gasteiger partial charge is 0.127 e. The molecule has 0 amide bonds. The first kappa shape index (κ1) is 11.6. The van der Waals surface area contributed by atoms with Gasteiger partial charge in [0, 0.05) is 21.9 Å². The number of hydrogen-bond donors (Lipinski definition) is 0. The molecule has 90 valence electrons. The van der Waals surface area contributed by atoms with Crippen molar-refractivity contribution >= 4 is 33.9 Å². The number of hydrogen-bond acceptors (Lipinski definition) is 5. The molecular formula is C13H11N3S2. The molecule has 0 bridgehead atoms. The third kappa shape index (κ3) is 2.37. The van der Waals surface area contributed by atoms with E-state index in [0.29, 0.717) is 0 Å². The molecule has 3 aromatic rings. The molecule has 0 aliphatic rings. The van der Waals surface area contributed by atoms with Gasteiger partial charge in [-0.25, -0.2) is 4.98 Å². The van der Waals surface area contributed by atoms with E-state index in [1.807, 2.05) is 19.1 Å². The molecule has 2 aromatic heterocycles. The van der Waals surface area contributed by atoms with E-state index in [1.165, 1.54) is 0 Å². The Balaban J connectivity index is 1.86. The van der Waals surface area contributed by atoms with Crippen molar-refractivity contribution in [3.05, 3.63) is 46.5 Å². The van der Waals surface area contributed by atoms with E-state index in [2.05, 4.69) is 32.7 Å². The first-order valence-corrected chi connectivity index (χ1v) is 7.44. The zero-order valence-electron chi connectivity index (χ0n) is 9.83. The van der Waals surface area contributed by atoms with E-state index < -0.39 is 0 Å². The SMILES string of the molecule is Cc1nc(CSc2nncc3ccccc23)cs1. The van der Waals surface area contributed by atoms with Crippen molar-refractivity contribution in [1.29, 1.82) is 0 Å². The topological polar surface area (TPSA) is 38.7 Å². The summed E-state index contributed by atoms with van der Waals surface area (Å²) in [6.45, 7) is 2.02. The van der Waals surface area contributed by atoms with Crippen molar-refractivity contribution in [3.63, 3.8) is 0 Å². The summed E-state index contributed by atoms with van der Waals surface area (Å²) < 4.78 is 0. The molecule has 0 saturated heterocycles. The molecule has 0 unspecified atom stereocenters. The fourth-order valence-electron chi connectivity index (χ4n) is 1.73. The maximum atomic E-state index is 4.46. The van der Waals surface area contributed by atoms with E-state index in [9.17, 15) is 0 Å². The average molecular weight is 273 g/mol. The van der Waals surface area contributed by atoms with Crippen LogP contribution < -0.4 is 0 Å². The molecule has 3 nitrogen and oxygen atoms in total. The number of rotatable bonds is 3. The van der Waals surface area contributed by atoms with Crippen LogP contribution in [0.2, 0.25) is 0 Å². The Morgan fingerprint density at radius 2 is 2.17 bits per heavy atom. The maximum absolute atomic E-state index is 4.46. The fraction of sp³-hybridized carbons (Fsp3) is 0.154. The quantitative estimate of drug-likeness (QED) is 0.682. The molecule has 0 N–H and O–H groups in total. The summed E-state index contributed by atoms with van der Waals surface area (Å²) in [7, 11) is 0. The Labute approximate surface area is 113 Å². The molecule has 0 atom stereocenters.